The zero-order valence-electron chi connectivity index (χ0n) is 13.8. The van der Waals surface area contributed by atoms with E-state index in [1.165, 1.54) is 24.5 Å². The monoisotopic (exact) mass is 421 g/mol. The Hall–Kier alpha value is -2.75. The van der Waals surface area contributed by atoms with Crippen LogP contribution in [0.2, 0.25) is 5.02 Å². The third-order valence-corrected chi connectivity index (χ3v) is 5.45. The van der Waals surface area contributed by atoms with Gasteiger partial charge in [-0.25, -0.2) is 4.79 Å². The summed E-state index contributed by atoms with van der Waals surface area (Å²) in [7, 11) is 1.29. The molecule has 2 aromatic carbocycles. The van der Waals surface area contributed by atoms with Crippen LogP contribution in [-0.4, -0.2) is 23.1 Å². The number of thiophene rings is 1. The Morgan fingerprint density at radius 3 is 2.70 bits per heavy atom. The molecule has 0 saturated heterocycles. The first kappa shape index (κ1) is 19.0. The number of benzene rings is 2. The second kappa shape index (κ2) is 7.87. The van der Waals surface area contributed by atoms with E-state index < -0.39 is 10.9 Å². The van der Waals surface area contributed by atoms with Crippen LogP contribution in [-0.2, 0) is 4.74 Å². The third-order valence-electron chi connectivity index (χ3n) is 3.61. The van der Waals surface area contributed by atoms with Crippen LogP contribution >= 0.6 is 35.2 Å². The summed E-state index contributed by atoms with van der Waals surface area (Å²) in [5.74, 6) is -0.496. The van der Waals surface area contributed by atoms with Crippen LogP contribution in [0.25, 0.3) is 10.1 Å². The number of nitro groups is 1. The number of ether oxygens (including phenoxy) is 1. The lowest BCUT2D eigenvalue weighted by Gasteiger charge is -2.10. The summed E-state index contributed by atoms with van der Waals surface area (Å²) in [4.78, 5) is 22.7. The number of hydrogen-bond donors (Lipinski definition) is 2. The Morgan fingerprint density at radius 1 is 1.26 bits per heavy atom. The highest BCUT2D eigenvalue weighted by molar-refractivity contribution is 7.80. The first-order chi connectivity index (χ1) is 12.9. The SMILES string of the molecule is COC(=O)c1sc2cc(NC(=S)Nc3ccccc3[N+](=O)[O-])ccc2c1Cl. The molecule has 3 rings (SSSR count). The number of rotatable bonds is 4. The minimum Gasteiger partial charge on any atom is -0.465 e. The van der Waals surface area contributed by atoms with Crippen molar-refractivity contribution < 1.29 is 14.5 Å². The van der Waals surface area contributed by atoms with E-state index in [1.54, 1.807) is 36.4 Å². The second-order valence-electron chi connectivity index (χ2n) is 5.30. The highest BCUT2D eigenvalue weighted by Crippen LogP contribution is 2.37. The smallest absolute Gasteiger partial charge is 0.349 e. The van der Waals surface area contributed by atoms with E-state index in [9.17, 15) is 14.9 Å². The molecule has 0 aliphatic heterocycles. The maximum absolute atomic E-state index is 11.8. The molecule has 7 nitrogen and oxygen atoms in total. The highest BCUT2D eigenvalue weighted by atomic mass is 35.5. The van der Waals surface area contributed by atoms with Crippen LogP contribution in [0.3, 0.4) is 0 Å². The zero-order chi connectivity index (χ0) is 19.6. The molecule has 2 N–H and O–H groups in total. The van der Waals surface area contributed by atoms with Gasteiger partial charge in [0, 0.05) is 21.8 Å². The number of nitrogens with zero attached hydrogens (tertiary/aromatic N) is 1. The quantitative estimate of drug-likeness (QED) is 0.263. The van der Waals surface area contributed by atoms with Crippen molar-refractivity contribution in [1.82, 2.24) is 0 Å². The molecule has 138 valence electrons. The van der Waals surface area contributed by atoms with Crippen molar-refractivity contribution in [3.8, 4) is 0 Å². The van der Waals surface area contributed by atoms with E-state index in [0.29, 0.717) is 15.6 Å². The van der Waals surface area contributed by atoms with Crippen LogP contribution in [0.5, 0.6) is 0 Å². The lowest BCUT2D eigenvalue weighted by molar-refractivity contribution is -0.383. The van der Waals surface area contributed by atoms with Crippen molar-refractivity contribution in [2.45, 2.75) is 0 Å². The van der Waals surface area contributed by atoms with Gasteiger partial charge in [0.15, 0.2) is 5.11 Å². The van der Waals surface area contributed by atoms with E-state index in [1.807, 2.05) is 0 Å². The standard InChI is InChI=1S/C17H12ClN3O4S2/c1-25-16(22)15-14(18)10-7-6-9(8-13(10)27-15)19-17(26)20-11-4-2-3-5-12(11)21(23)24/h2-8H,1H3,(H2,19,20,26). The van der Waals surface area contributed by atoms with Crippen molar-refractivity contribution in [2.24, 2.45) is 0 Å². The molecule has 1 aromatic heterocycles. The van der Waals surface area contributed by atoms with Crippen molar-refractivity contribution >= 4 is 73.4 Å². The summed E-state index contributed by atoms with van der Waals surface area (Å²) in [6.45, 7) is 0. The molecule has 0 amide bonds. The average Bonchev–Trinajstić information content (AvgIpc) is 2.97. The molecular weight excluding hydrogens is 410 g/mol. The molecule has 0 radical (unpaired) electrons. The van der Waals surface area contributed by atoms with Crippen molar-refractivity contribution in [2.75, 3.05) is 17.7 Å². The number of carbonyl (C=O) groups is 1. The van der Waals surface area contributed by atoms with Gasteiger partial charge in [-0.2, -0.15) is 0 Å². The molecule has 0 aliphatic carbocycles. The number of hydrogen-bond acceptors (Lipinski definition) is 6. The van der Waals surface area contributed by atoms with Crippen LogP contribution < -0.4 is 10.6 Å². The fourth-order valence-corrected chi connectivity index (χ4v) is 4.08. The molecule has 0 spiro atoms. The van der Waals surface area contributed by atoms with Gasteiger partial charge in [0.1, 0.15) is 10.6 Å². The molecule has 0 unspecified atom stereocenters. The predicted molar refractivity (Wildman–Crippen MR) is 111 cm³/mol. The normalized spacial score (nSPS) is 10.4. The van der Waals surface area contributed by atoms with Crippen LogP contribution in [0, 0.1) is 10.1 Å². The zero-order valence-corrected chi connectivity index (χ0v) is 16.2. The highest BCUT2D eigenvalue weighted by Gasteiger charge is 2.18. The van der Waals surface area contributed by atoms with Gasteiger partial charge >= 0.3 is 5.97 Å². The third kappa shape index (κ3) is 4.00. The molecule has 0 saturated carbocycles. The lowest BCUT2D eigenvalue weighted by Crippen LogP contribution is -2.19. The van der Waals surface area contributed by atoms with Crippen LogP contribution in [0.15, 0.2) is 42.5 Å². The number of halogens is 1. The van der Waals surface area contributed by atoms with Gasteiger partial charge in [0.25, 0.3) is 5.69 Å². The first-order valence-corrected chi connectivity index (χ1v) is 9.12. The van der Waals surface area contributed by atoms with Gasteiger partial charge in [-0.15, -0.1) is 11.3 Å². The summed E-state index contributed by atoms with van der Waals surface area (Å²) < 4.78 is 5.50. The summed E-state index contributed by atoms with van der Waals surface area (Å²) in [6, 6.07) is 11.5. The number of carbonyl (C=O) groups excluding carboxylic acids is 1. The van der Waals surface area contributed by atoms with E-state index >= 15 is 0 Å². The van der Waals surface area contributed by atoms with Gasteiger partial charge in [-0.3, -0.25) is 10.1 Å². The number of nitrogens with one attached hydrogen (secondary N) is 2. The number of fused-ring (bicyclic) bond motifs is 1. The van der Waals surface area contributed by atoms with E-state index in [4.69, 9.17) is 28.6 Å². The van der Waals surface area contributed by atoms with Crippen LogP contribution in [0.1, 0.15) is 9.67 Å². The Kier molecular flexibility index (Phi) is 5.54. The van der Waals surface area contributed by atoms with Gasteiger partial charge in [-0.1, -0.05) is 23.7 Å². The Labute approximate surface area is 168 Å². The van der Waals surface area contributed by atoms with Gasteiger partial charge in [-0.05, 0) is 36.5 Å². The molecule has 27 heavy (non-hydrogen) atoms. The van der Waals surface area contributed by atoms with Crippen molar-refractivity contribution in [3.05, 3.63) is 62.5 Å². The number of nitro benzene ring substituents is 1. The number of esters is 1. The molecular formula is C17H12ClN3O4S2. The van der Waals surface area contributed by atoms with Crippen LogP contribution in [0.4, 0.5) is 17.1 Å². The molecule has 1 heterocycles. The lowest BCUT2D eigenvalue weighted by atomic mass is 10.2. The largest absolute Gasteiger partial charge is 0.465 e. The first-order valence-electron chi connectivity index (χ1n) is 7.52. The number of para-hydroxylation sites is 2. The molecule has 0 aliphatic rings. The molecule has 0 fully saturated rings. The molecule has 0 atom stereocenters. The van der Waals surface area contributed by atoms with Gasteiger partial charge < -0.3 is 15.4 Å². The predicted octanol–water partition coefficient (Wildman–Crippen LogP) is 5.06. The Morgan fingerprint density at radius 2 is 2.00 bits per heavy atom. The minimum absolute atomic E-state index is 0.0788. The summed E-state index contributed by atoms with van der Waals surface area (Å²) in [5, 5.41) is 18.1. The Bertz CT molecular complexity index is 1070. The summed E-state index contributed by atoms with van der Waals surface area (Å²) in [5.41, 5.74) is 0.853. The minimum atomic E-state index is -0.496. The number of methoxy groups -OCH3 is 1. The number of anilines is 2. The Balaban J connectivity index is 1.81. The fourth-order valence-electron chi connectivity index (χ4n) is 2.39. The summed E-state index contributed by atoms with van der Waals surface area (Å²) in [6.07, 6.45) is 0. The maximum Gasteiger partial charge on any atom is 0.349 e. The average molecular weight is 422 g/mol. The fraction of sp³-hybridized carbons (Fsp3) is 0.0588. The molecule has 3 aromatic rings. The van der Waals surface area contributed by atoms with E-state index in [2.05, 4.69) is 10.6 Å². The van der Waals surface area contributed by atoms with Gasteiger partial charge in [0.05, 0.1) is 17.1 Å². The second-order valence-corrected chi connectivity index (χ2v) is 7.14. The van der Waals surface area contributed by atoms with Crippen molar-refractivity contribution in [3.63, 3.8) is 0 Å². The van der Waals surface area contributed by atoms with Gasteiger partial charge in [0.2, 0.25) is 0 Å². The van der Waals surface area contributed by atoms with E-state index in [-0.39, 0.29) is 16.5 Å². The topological polar surface area (TPSA) is 93.5 Å². The summed E-state index contributed by atoms with van der Waals surface area (Å²) >= 11 is 12.7. The maximum atomic E-state index is 11.8. The molecule has 10 heteroatoms. The van der Waals surface area contributed by atoms with E-state index in [0.717, 1.165) is 10.1 Å². The number of thiocarbonyl (C=S) groups is 1. The molecule has 0 bridgehead atoms. The van der Waals surface area contributed by atoms with Crippen molar-refractivity contribution in [1.29, 1.82) is 0 Å².